The van der Waals surface area contributed by atoms with Crippen molar-refractivity contribution < 1.29 is 4.74 Å². The van der Waals surface area contributed by atoms with Crippen LogP contribution in [0.15, 0.2) is 35.3 Å². The Balaban J connectivity index is 1.89. The molecule has 1 heterocycles. The Labute approximate surface area is 165 Å². The highest BCUT2D eigenvalue weighted by atomic mass is 16.5. The fourth-order valence-corrected chi connectivity index (χ4v) is 3.65. The fourth-order valence-electron chi connectivity index (χ4n) is 3.65. The van der Waals surface area contributed by atoms with E-state index in [0.29, 0.717) is 6.04 Å². The van der Waals surface area contributed by atoms with Crippen LogP contribution in [-0.2, 0) is 4.74 Å². The van der Waals surface area contributed by atoms with Crippen LogP contribution in [-0.4, -0.2) is 44.8 Å². The highest BCUT2D eigenvalue weighted by molar-refractivity contribution is 5.79. The molecule has 1 aliphatic rings. The molecule has 152 valence electrons. The highest BCUT2D eigenvalue weighted by Crippen LogP contribution is 2.25. The largest absolute Gasteiger partial charge is 0.381 e. The smallest absolute Gasteiger partial charge is 0.191 e. The SMILES string of the molecule is CCCCCCNC(=NC)NCC1(NC(C)c2ccccc2)CCOCC1. The quantitative estimate of drug-likeness (QED) is 0.332. The average molecular weight is 375 g/mol. The summed E-state index contributed by atoms with van der Waals surface area (Å²) < 4.78 is 5.63. The lowest BCUT2D eigenvalue weighted by Crippen LogP contribution is -2.58. The summed E-state index contributed by atoms with van der Waals surface area (Å²) in [6.07, 6.45) is 7.05. The Morgan fingerprint density at radius 2 is 1.85 bits per heavy atom. The van der Waals surface area contributed by atoms with Crippen molar-refractivity contribution in [2.24, 2.45) is 4.99 Å². The van der Waals surface area contributed by atoms with Crippen molar-refractivity contribution in [3.8, 4) is 0 Å². The first kappa shape index (κ1) is 21.7. The van der Waals surface area contributed by atoms with E-state index in [0.717, 1.165) is 45.1 Å². The number of rotatable bonds is 10. The second-order valence-corrected chi connectivity index (χ2v) is 7.58. The van der Waals surface area contributed by atoms with E-state index in [-0.39, 0.29) is 5.54 Å². The summed E-state index contributed by atoms with van der Waals surface area (Å²) in [5.74, 6) is 0.895. The van der Waals surface area contributed by atoms with E-state index in [1.165, 1.54) is 31.2 Å². The molecule has 1 atom stereocenters. The van der Waals surface area contributed by atoms with Gasteiger partial charge in [-0.15, -0.1) is 0 Å². The summed E-state index contributed by atoms with van der Waals surface area (Å²) in [5, 5.41) is 10.9. The van der Waals surface area contributed by atoms with Gasteiger partial charge in [0.2, 0.25) is 0 Å². The van der Waals surface area contributed by atoms with Gasteiger partial charge in [-0.2, -0.15) is 0 Å². The predicted molar refractivity (Wildman–Crippen MR) is 114 cm³/mol. The minimum Gasteiger partial charge on any atom is -0.381 e. The Kier molecular flexibility index (Phi) is 9.64. The molecule has 5 nitrogen and oxygen atoms in total. The third-order valence-electron chi connectivity index (χ3n) is 5.41. The minimum absolute atomic E-state index is 0.0212. The molecular weight excluding hydrogens is 336 g/mol. The van der Waals surface area contributed by atoms with Crippen molar-refractivity contribution in [2.75, 3.05) is 33.4 Å². The van der Waals surface area contributed by atoms with E-state index in [2.05, 4.69) is 65.1 Å². The number of nitrogens with one attached hydrogen (secondary N) is 3. The minimum atomic E-state index is 0.0212. The average Bonchev–Trinajstić information content (AvgIpc) is 2.71. The van der Waals surface area contributed by atoms with Crippen molar-refractivity contribution in [1.29, 1.82) is 0 Å². The molecule has 27 heavy (non-hydrogen) atoms. The first-order chi connectivity index (χ1) is 13.2. The Morgan fingerprint density at radius 3 is 2.52 bits per heavy atom. The molecule has 0 bridgehead atoms. The van der Waals surface area contributed by atoms with Crippen LogP contribution in [0.3, 0.4) is 0 Å². The Hall–Kier alpha value is -1.59. The molecular formula is C22H38N4O. The normalized spacial score (nSPS) is 18.1. The van der Waals surface area contributed by atoms with Crippen LogP contribution in [0, 0.1) is 0 Å². The number of aliphatic imine (C=N–C) groups is 1. The van der Waals surface area contributed by atoms with Gasteiger partial charge in [0.25, 0.3) is 0 Å². The van der Waals surface area contributed by atoms with Gasteiger partial charge in [-0.25, -0.2) is 0 Å². The number of hydrogen-bond acceptors (Lipinski definition) is 3. The summed E-state index contributed by atoms with van der Waals surface area (Å²) in [6, 6.07) is 11.0. The van der Waals surface area contributed by atoms with E-state index >= 15 is 0 Å². The summed E-state index contributed by atoms with van der Waals surface area (Å²) in [5.41, 5.74) is 1.34. The van der Waals surface area contributed by atoms with Crippen molar-refractivity contribution in [3.05, 3.63) is 35.9 Å². The zero-order chi connectivity index (χ0) is 19.4. The van der Waals surface area contributed by atoms with Gasteiger partial charge in [0, 0.05) is 44.9 Å². The van der Waals surface area contributed by atoms with Crippen LogP contribution in [0.4, 0.5) is 0 Å². The van der Waals surface area contributed by atoms with Crippen LogP contribution >= 0.6 is 0 Å². The summed E-state index contributed by atoms with van der Waals surface area (Å²) in [7, 11) is 1.85. The van der Waals surface area contributed by atoms with Gasteiger partial charge in [0.05, 0.1) is 0 Å². The second kappa shape index (κ2) is 12.0. The summed E-state index contributed by atoms with van der Waals surface area (Å²) in [4.78, 5) is 4.39. The molecule has 0 radical (unpaired) electrons. The molecule has 1 aliphatic heterocycles. The van der Waals surface area contributed by atoms with Gasteiger partial charge < -0.3 is 20.7 Å². The van der Waals surface area contributed by atoms with Gasteiger partial charge in [-0.05, 0) is 31.7 Å². The van der Waals surface area contributed by atoms with Gasteiger partial charge in [0.15, 0.2) is 5.96 Å². The standard InChI is InChI=1S/C22H38N4O/c1-4-5-6-10-15-24-21(23-3)25-18-22(13-16-27-17-14-22)26-19(2)20-11-8-7-9-12-20/h7-9,11-12,19,26H,4-6,10,13-18H2,1-3H3,(H2,23,24,25). The van der Waals surface area contributed by atoms with Crippen molar-refractivity contribution in [3.63, 3.8) is 0 Å². The van der Waals surface area contributed by atoms with Gasteiger partial charge >= 0.3 is 0 Å². The monoisotopic (exact) mass is 374 g/mol. The molecule has 1 saturated heterocycles. The zero-order valence-corrected chi connectivity index (χ0v) is 17.4. The van der Waals surface area contributed by atoms with Crippen LogP contribution < -0.4 is 16.0 Å². The van der Waals surface area contributed by atoms with Crippen LogP contribution in [0.25, 0.3) is 0 Å². The maximum Gasteiger partial charge on any atom is 0.191 e. The maximum absolute atomic E-state index is 5.63. The molecule has 0 saturated carbocycles. The summed E-state index contributed by atoms with van der Waals surface area (Å²) in [6.45, 7) is 7.92. The molecule has 1 fully saturated rings. The molecule has 1 aromatic rings. The molecule has 0 aromatic heterocycles. The molecule has 1 unspecified atom stereocenters. The predicted octanol–water partition coefficient (Wildman–Crippen LogP) is 3.63. The molecule has 3 N–H and O–H groups in total. The maximum atomic E-state index is 5.63. The topological polar surface area (TPSA) is 57.7 Å². The lowest BCUT2D eigenvalue weighted by Gasteiger charge is -2.41. The first-order valence-electron chi connectivity index (χ1n) is 10.5. The van der Waals surface area contributed by atoms with Crippen LogP contribution in [0.2, 0.25) is 0 Å². The summed E-state index contributed by atoms with van der Waals surface area (Å²) >= 11 is 0. The highest BCUT2D eigenvalue weighted by Gasteiger charge is 2.34. The van der Waals surface area contributed by atoms with E-state index < -0.39 is 0 Å². The van der Waals surface area contributed by atoms with Crippen LogP contribution in [0.1, 0.15) is 64.0 Å². The van der Waals surface area contributed by atoms with Gasteiger partial charge in [0.1, 0.15) is 0 Å². The molecule has 0 aliphatic carbocycles. The second-order valence-electron chi connectivity index (χ2n) is 7.58. The number of nitrogens with zero attached hydrogens (tertiary/aromatic N) is 1. The van der Waals surface area contributed by atoms with Crippen molar-refractivity contribution in [1.82, 2.24) is 16.0 Å². The third-order valence-corrected chi connectivity index (χ3v) is 5.41. The number of hydrogen-bond donors (Lipinski definition) is 3. The van der Waals surface area contributed by atoms with Gasteiger partial charge in [-0.1, -0.05) is 56.5 Å². The molecule has 2 rings (SSSR count). The van der Waals surface area contributed by atoms with Crippen LogP contribution in [0.5, 0.6) is 0 Å². The van der Waals surface area contributed by atoms with E-state index in [1.807, 2.05) is 7.05 Å². The third kappa shape index (κ3) is 7.51. The number of ether oxygens (including phenoxy) is 1. The van der Waals surface area contributed by atoms with Gasteiger partial charge in [-0.3, -0.25) is 4.99 Å². The Bertz CT molecular complexity index is 541. The van der Waals surface area contributed by atoms with E-state index in [4.69, 9.17) is 4.74 Å². The fraction of sp³-hybridized carbons (Fsp3) is 0.682. The molecule has 1 aromatic carbocycles. The lowest BCUT2D eigenvalue weighted by molar-refractivity contribution is 0.0355. The van der Waals surface area contributed by atoms with Crippen molar-refractivity contribution >= 4 is 5.96 Å². The van der Waals surface area contributed by atoms with E-state index in [1.54, 1.807) is 0 Å². The Morgan fingerprint density at radius 1 is 1.11 bits per heavy atom. The lowest BCUT2D eigenvalue weighted by atomic mass is 9.88. The molecule has 0 spiro atoms. The zero-order valence-electron chi connectivity index (χ0n) is 17.4. The number of guanidine groups is 1. The van der Waals surface area contributed by atoms with Crippen molar-refractivity contribution in [2.45, 2.75) is 64.0 Å². The first-order valence-corrected chi connectivity index (χ1v) is 10.5. The number of benzene rings is 1. The molecule has 5 heteroatoms. The molecule has 0 amide bonds. The van der Waals surface area contributed by atoms with E-state index in [9.17, 15) is 0 Å². The number of unbranched alkanes of at least 4 members (excludes halogenated alkanes) is 3.